The average Bonchev–Trinajstić information content (AvgIpc) is 3.06. The lowest BCUT2D eigenvalue weighted by Crippen LogP contribution is -2.42. The minimum atomic E-state index is -0.891. The van der Waals surface area contributed by atoms with E-state index in [1.807, 2.05) is 31.2 Å². The number of rotatable bonds is 4. The van der Waals surface area contributed by atoms with Crippen LogP contribution in [0.5, 0.6) is 0 Å². The van der Waals surface area contributed by atoms with E-state index in [2.05, 4.69) is 10.7 Å². The summed E-state index contributed by atoms with van der Waals surface area (Å²) in [6.07, 6.45) is 1.70. The number of amides is 2. The Morgan fingerprint density at radius 1 is 1.06 bits per heavy atom. The third-order valence-electron chi connectivity index (χ3n) is 5.19. The van der Waals surface area contributed by atoms with Gasteiger partial charge in [0.1, 0.15) is 5.82 Å². The summed E-state index contributed by atoms with van der Waals surface area (Å²) in [6.45, 7) is 1.97. The highest BCUT2D eigenvalue weighted by molar-refractivity contribution is 6.36. The van der Waals surface area contributed by atoms with Gasteiger partial charge in [-0.1, -0.05) is 53.0 Å². The summed E-state index contributed by atoms with van der Waals surface area (Å²) >= 11 is 12.3. The lowest BCUT2D eigenvalue weighted by atomic mass is 9.98. The molecule has 0 radical (unpaired) electrons. The number of hydrogen-bond acceptors (Lipinski definition) is 2. The van der Waals surface area contributed by atoms with Crippen LogP contribution < -0.4 is 10.7 Å². The van der Waals surface area contributed by atoms with Crippen LogP contribution in [0.25, 0.3) is 0 Å². The Morgan fingerprint density at radius 2 is 1.75 bits per heavy atom. The Morgan fingerprint density at radius 3 is 2.41 bits per heavy atom. The first kappa shape index (κ1) is 22.0. The molecule has 1 saturated heterocycles. The van der Waals surface area contributed by atoms with E-state index >= 15 is 0 Å². The molecule has 5 nitrogen and oxygen atoms in total. The Labute approximate surface area is 194 Å². The number of nitrogens with zero attached hydrogens (tertiary/aromatic N) is 1. The minimum Gasteiger partial charge on any atom is -0.334 e. The Bertz CT molecular complexity index is 1210. The summed E-state index contributed by atoms with van der Waals surface area (Å²) in [7, 11) is 0. The van der Waals surface area contributed by atoms with Crippen molar-refractivity contribution < 1.29 is 18.7 Å². The van der Waals surface area contributed by atoms with Crippen molar-refractivity contribution in [3.63, 3.8) is 0 Å². The second-order valence-corrected chi connectivity index (χ2v) is 8.34. The van der Waals surface area contributed by atoms with Crippen LogP contribution in [0.15, 0.2) is 66.7 Å². The van der Waals surface area contributed by atoms with E-state index in [9.17, 15) is 14.0 Å². The maximum absolute atomic E-state index is 13.2. The second kappa shape index (κ2) is 9.10. The number of nitrogens with one attached hydrogen (secondary N) is 2. The van der Waals surface area contributed by atoms with E-state index in [0.717, 1.165) is 11.1 Å². The lowest BCUT2D eigenvalue weighted by molar-refractivity contribution is -0.596. The predicted molar refractivity (Wildman–Crippen MR) is 122 cm³/mol. The van der Waals surface area contributed by atoms with Gasteiger partial charge in [-0.15, -0.1) is 10.1 Å². The van der Waals surface area contributed by atoms with Gasteiger partial charge >= 0.3 is 5.91 Å². The molecule has 8 heteroatoms. The van der Waals surface area contributed by atoms with Crippen LogP contribution in [0.1, 0.15) is 33.1 Å². The van der Waals surface area contributed by atoms with E-state index < -0.39 is 23.8 Å². The van der Waals surface area contributed by atoms with E-state index in [-0.39, 0.29) is 11.5 Å². The van der Waals surface area contributed by atoms with Crippen molar-refractivity contribution in [1.82, 2.24) is 10.7 Å². The monoisotopic (exact) mass is 470 g/mol. The van der Waals surface area contributed by atoms with Crippen LogP contribution in [0.3, 0.4) is 0 Å². The topological polar surface area (TPSA) is 61.2 Å². The zero-order chi connectivity index (χ0) is 22.8. The molecule has 1 fully saturated rings. The number of aryl methyl sites for hydroxylation is 1. The molecule has 1 aliphatic heterocycles. The van der Waals surface area contributed by atoms with E-state index in [4.69, 9.17) is 23.2 Å². The molecule has 4 rings (SSSR count). The number of carbonyl (C=O) groups is 2. The molecule has 3 aromatic rings. The smallest absolute Gasteiger partial charge is 0.304 e. The Kier molecular flexibility index (Phi) is 6.26. The summed E-state index contributed by atoms with van der Waals surface area (Å²) in [6, 6.07) is 16.4. The maximum atomic E-state index is 13.2. The fourth-order valence-electron chi connectivity index (χ4n) is 3.53. The van der Waals surface area contributed by atoms with Crippen LogP contribution in [-0.4, -0.2) is 28.8 Å². The van der Waals surface area contributed by atoms with Gasteiger partial charge in [-0.05, 0) is 49.4 Å². The number of carbonyl (C=O) groups excluding carboxylic acids is 2. The standard InChI is InChI=1S/C24H18Cl2FN3O2/c1-14-2-4-15(5-3-14)22-21(28-23(31)16-7-10-19(27)11-8-16)24(32)29-30(22)13-17-6-9-18(25)12-20(17)26/h2-13,21-22H,1H3,(H-,28,29,31,32)/p+1/b30-13-/t21-,22-/m1/s1. The van der Waals surface area contributed by atoms with E-state index in [0.29, 0.717) is 15.6 Å². The summed E-state index contributed by atoms with van der Waals surface area (Å²) in [4.78, 5) is 25.7. The van der Waals surface area contributed by atoms with Gasteiger partial charge in [-0.25, -0.2) is 4.39 Å². The molecule has 2 amide bonds. The van der Waals surface area contributed by atoms with Crippen LogP contribution in [0.2, 0.25) is 10.0 Å². The molecule has 2 atom stereocenters. The van der Waals surface area contributed by atoms with E-state index in [1.165, 1.54) is 24.3 Å². The Hall–Kier alpha value is -3.22. The third kappa shape index (κ3) is 4.66. The zero-order valence-electron chi connectivity index (χ0n) is 17.0. The van der Waals surface area contributed by atoms with Crippen molar-refractivity contribution in [3.8, 4) is 0 Å². The predicted octanol–water partition coefficient (Wildman–Crippen LogP) is 4.46. The molecule has 1 heterocycles. The molecular weight excluding hydrogens is 452 g/mol. The molecule has 0 bridgehead atoms. The Balaban J connectivity index is 1.72. The summed E-state index contributed by atoms with van der Waals surface area (Å²) in [5, 5.41) is 3.70. The number of benzene rings is 3. The molecule has 1 aliphatic rings. The van der Waals surface area contributed by atoms with Crippen molar-refractivity contribution in [1.29, 1.82) is 0 Å². The largest absolute Gasteiger partial charge is 0.334 e. The van der Waals surface area contributed by atoms with Crippen LogP contribution in [0, 0.1) is 12.7 Å². The second-order valence-electron chi connectivity index (χ2n) is 7.49. The zero-order valence-corrected chi connectivity index (χ0v) is 18.5. The molecule has 32 heavy (non-hydrogen) atoms. The third-order valence-corrected chi connectivity index (χ3v) is 5.75. The van der Waals surface area contributed by atoms with Crippen LogP contribution in [0.4, 0.5) is 4.39 Å². The van der Waals surface area contributed by atoms with Crippen molar-refractivity contribution in [2.75, 3.05) is 0 Å². The molecule has 0 unspecified atom stereocenters. The normalized spacial score (nSPS) is 19.1. The molecular formula is C24H19Cl2FN3O2+. The molecule has 0 aliphatic carbocycles. The highest BCUT2D eigenvalue weighted by Crippen LogP contribution is 2.27. The highest BCUT2D eigenvalue weighted by atomic mass is 35.5. The van der Waals surface area contributed by atoms with Gasteiger partial charge in [0, 0.05) is 16.1 Å². The van der Waals surface area contributed by atoms with Crippen molar-refractivity contribution in [2.24, 2.45) is 0 Å². The first-order chi connectivity index (χ1) is 15.3. The number of hydrazine groups is 1. The first-order valence-electron chi connectivity index (χ1n) is 9.83. The molecule has 2 N–H and O–H groups in total. The molecule has 3 aromatic carbocycles. The fraction of sp³-hybridized carbons (Fsp3) is 0.125. The minimum absolute atomic E-state index is 0.255. The van der Waals surface area contributed by atoms with Gasteiger partial charge in [-0.2, -0.15) is 0 Å². The van der Waals surface area contributed by atoms with Crippen molar-refractivity contribution in [2.45, 2.75) is 19.0 Å². The fourth-order valence-corrected chi connectivity index (χ4v) is 3.98. The number of hydrogen-bond donors (Lipinski definition) is 2. The van der Waals surface area contributed by atoms with Crippen LogP contribution in [-0.2, 0) is 4.79 Å². The number of halogens is 3. The summed E-state index contributed by atoms with van der Waals surface area (Å²) < 4.78 is 14.8. The highest BCUT2D eigenvalue weighted by Gasteiger charge is 2.47. The molecule has 0 aromatic heterocycles. The van der Waals surface area contributed by atoms with Crippen molar-refractivity contribution in [3.05, 3.63) is 105 Å². The lowest BCUT2D eigenvalue weighted by Gasteiger charge is -2.15. The SMILES string of the molecule is Cc1ccc([C@@H]2[C@@H](NC(=O)c3ccc(F)cc3)C(=O)N/[N+]2=C\c2ccc(Cl)cc2Cl)cc1. The van der Waals surface area contributed by atoms with Gasteiger partial charge < -0.3 is 5.32 Å². The van der Waals surface area contributed by atoms with Crippen molar-refractivity contribution >= 4 is 41.2 Å². The summed E-state index contributed by atoms with van der Waals surface area (Å²) in [5.41, 5.74) is 5.59. The van der Waals surface area contributed by atoms with Gasteiger partial charge in [0.25, 0.3) is 5.91 Å². The van der Waals surface area contributed by atoms with Gasteiger partial charge in [0.05, 0.1) is 10.6 Å². The van der Waals surface area contributed by atoms with Gasteiger partial charge in [0.2, 0.25) is 12.3 Å². The summed E-state index contributed by atoms with van der Waals surface area (Å²) in [5.74, 6) is -1.31. The van der Waals surface area contributed by atoms with Gasteiger partial charge in [-0.3, -0.25) is 9.59 Å². The van der Waals surface area contributed by atoms with Gasteiger partial charge in [0.15, 0.2) is 6.04 Å². The maximum Gasteiger partial charge on any atom is 0.304 e. The first-order valence-corrected chi connectivity index (χ1v) is 10.6. The van der Waals surface area contributed by atoms with Crippen LogP contribution >= 0.6 is 23.2 Å². The molecule has 0 saturated carbocycles. The quantitative estimate of drug-likeness (QED) is 0.553. The van der Waals surface area contributed by atoms with E-state index in [1.54, 1.807) is 29.1 Å². The molecule has 162 valence electrons. The average molecular weight is 471 g/mol. The number of hydrazone groups is 1. The molecule has 0 spiro atoms.